The molecule has 7 heteroatoms. The molecule has 7 nitrogen and oxygen atoms in total. The lowest BCUT2D eigenvalue weighted by atomic mass is 9.98. The van der Waals surface area contributed by atoms with E-state index in [0.29, 0.717) is 0 Å². The number of carbonyl (C=O) groups excluding carboxylic acids is 2. The molecule has 0 saturated carbocycles. The third kappa shape index (κ3) is 4.68. The van der Waals surface area contributed by atoms with Crippen molar-refractivity contribution in [2.45, 2.75) is 25.8 Å². The first kappa shape index (κ1) is 21.1. The van der Waals surface area contributed by atoms with Crippen molar-refractivity contribution in [2.24, 2.45) is 0 Å². The van der Waals surface area contributed by atoms with Crippen molar-refractivity contribution in [1.82, 2.24) is 10.6 Å². The van der Waals surface area contributed by atoms with Gasteiger partial charge in [-0.15, -0.1) is 0 Å². The molecule has 0 saturated heterocycles. The zero-order chi connectivity index (χ0) is 21.7. The fraction of sp³-hybridized carbons (Fsp3) is 0.261. The third-order valence-corrected chi connectivity index (χ3v) is 5.09. The van der Waals surface area contributed by atoms with E-state index in [1.165, 1.54) is 19.9 Å². The van der Waals surface area contributed by atoms with Crippen LogP contribution < -0.4 is 10.6 Å². The highest BCUT2D eigenvalue weighted by Gasteiger charge is 2.29. The zero-order valence-corrected chi connectivity index (χ0v) is 16.8. The van der Waals surface area contributed by atoms with Crippen molar-refractivity contribution >= 4 is 18.0 Å². The van der Waals surface area contributed by atoms with Gasteiger partial charge in [0.25, 0.3) is 0 Å². The summed E-state index contributed by atoms with van der Waals surface area (Å²) in [6.45, 7) is 3.19. The second-order valence-corrected chi connectivity index (χ2v) is 7.13. The van der Waals surface area contributed by atoms with E-state index in [1.54, 1.807) is 0 Å². The Balaban J connectivity index is 1.54. The number of carbonyl (C=O) groups is 3. The topological polar surface area (TPSA) is 105 Å². The first-order valence-corrected chi connectivity index (χ1v) is 9.67. The van der Waals surface area contributed by atoms with Gasteiger partial charge < -0.3 is 20.5 Å². The lowest BCUT2D eigenvalue weighted by Crippen LogP contribution is -2.45. The number of benzene rings is 2. The Morgan fingerprint density at radius 3 is 2.20 bits per heavy atom. The molecular formula is C23H24N2O5. The highest BCUT2D eigenvalue weighted by molar-refractivity contribution is 5.87. The van der Waals surface area contributed by atoms with Gasteiger partial charge in [0.2, 0.25) is 5.91 Å². The molecule has 0 aliphatic heterocycles. The minimum absolute atomic E-state index is 0.0589. The highest BCUT2D eigenvalue weighted by atomic mass is 16.5. The number of rotatable bonds is 7. The molecule has 0 aromatic heterocycles. The molecule has 30 heavy (non-hydrogen) atoms. The lowest BCUT2D eigenvalue weighted by molar-refractivity contribution is -0.132. The molecule has 1 aliphatic carbocycles. The van der Waals surface area contributed by atoms with Crippen LogP contribution in [0.3, 0.4) is 0 Å². The number of fused-ring (bicyclic) bond motifs is 3. The Hall–Kier alpha value is -3.61. The van der Waals surface area contributed by atoms with E-state index in [2.05, 4.69) is 22.8 Å². The predicted molar refractivity (Wildman–Crippen MR) is 112 cm³/mol. The van der Waals surface area contributed by atoms with E-state index < -0.39 is 24.0 Å². The van der Waals surface area contributed by atoms with Crippen LogP contribution in [0, 0.1) is 0 Å². The van der Waals surface area contributed by atoms with Gasteiger partial charge in [0, 0.05) is 18.0 Å². The smallest absolute Gasteiger partial charge is 0.407 e. The van der Waals surface area contributed by atoms with Crippen molar-refractivity contribution in [3.8, 4) is 11.1 Å². The molecule has 2 aromatic rings. The summed E-state index contributed by atoms with van der Waals surface area (Å²) in [7, 11) is 0. The van der Waals surface area contributed by atoms with E-state index in [4.69, 9.17) is 9.84 Å². The summed E-state index contributed by atoms with van der Waals surface area (Å²) >= 11 is 0. The molecule has 0 radical (unpaired) electrons. The summed E-state index contributed by atoms with van der Waals surface area (Å²) in [6.07, 6.45) is 0.706. The van der Waals surface area contributed by atoms with Crippen LogP contribution in [-0.4, -0.2) is 42.3 Å². The average molecular weight is 408 g/mol. The van der Waals surface area contributed by atoms with Gasteiger partial charge >= 0.3 is 12.1 Å². The van der Waals surface area contributed by atoms with Crippen molar-refractivity contribution < 1.29 is 24.2 Å². The van der Waals surface area contributed by atoms with E-state index >= 15 is 0 Å². The molecule has 0 heterocycles. The van der Waals surface area contributed by atoms with Crippen LogP contribution in [0.4, 0.5) is 4.79 Å². The van der Waals surface area contributed by atoms with Crippen LogP contribution in [0.2, 0.25) is 0 Å². The van der Waals surface area contributed by atoms with Crippen LogP contribution in [0.15, 0.2) is 60.2 Å². The van der Waals surface area contributed by atoms with Crippen molar-refractivity contribution in [1.29, 1.82) is 0 Å². The molecule has 0 spiro atoms. The number of amides is 2. The fourth-order valence-electron chi connectivity index (χ4n) is 3.43. The van der Waals surface area contributed by atoms with Crippen molar-refractivity contribution in [3.63, 3.8) is 0 Å². The van der Waals surface area contributed by atoms with Crippen molar-refractivity contribution in [3.05, 3.63) is 71.3 Å². The molecular weight excluding hydrogens is 384 g/mol. The maximum Gasteiger partial charge on any atom is 0.407 e. The van der Waals surface area contributed by atoms with Crippen LogP contribution in [0.25, 0.3) is 11.1 Å². The number of hydrogen-bond donors (Lipinski definition) is 3. The van der Waals surface area contributed by atoms with Crippen LogP contribution >= 0.6 is 0 Å². The van der Waals surface area contributed by atoms with Gasteiger partial charge in [-0.2, -0.15) is 0 Å². The summed E-state index contributed by atoms with van der Waals surface area (Å²) < 4.78 is 5.41. The third-order valence-electron chi connectivity index (χ3n) is 5.09. The van der Waals surface area contributed by atoms with Gasteiger partial charge in [0.1, 0.15) is 12.6 Å². The molecule has 3 N–H and O–H groups in total. The zero-order valence-electron chi connectivity index (χ0n) is 16.8. The molecule has 0 unspecified atom stereocenters. The van der Waals surface area contributed by atoms with E-state index in [9.17, 15) is 14.4 Å². The molecule has 1 aliphatic rings. The van der Waals surface area contributed by atoms with Crippen molar-refractivity contribution in [2.75, 3.05) is 13.2 Å². The summed E-state index contributed by atoms with van der Waals surface area (Å²) in [5, 5.41) is 13.8. The van der Waals surface area contributed by atoms with E-state index in [0.717, 1.165) is 22.3 Å². The maximum absolute atomic E-state index is 12.2. The number of ether oxygens (including phenoxy) is 1. The SMILES string of the molecule is C/C(=C\CNC(=O)[C@@H](C)NC(=O)OCC1c2ccccc2-c2ccccc21)C(=O)O. The van der Waals surface area contributed by atoms with Gasteiger partial charge in [-0.25, -0.2) is 9.59 Å². The Kier molecular flexibility index (Phi) is 6.51. The Morgan fingerprint density at radius 1 is 1.07 bits per heavy atom. The summed E-state index contributed by atoms with van der Waals surface area (Å²) in [5.41, 5.74) is 4.63. The van der Waals surface area contributed by atoms with Crippen LogP contribution in [0.5, 0.6) is 0 Å². The monoisotopic (exact) mass is 408 g/mol. The second-order valence-electron chi connectivity index (χ2n) is 7.13. The predicted octanol–water partition coefficient (Wildman–Crippen LogP) is 3.06. The van der Waals surface area contributed by atoms with E-state index in [1.807, 2.05) is 36.4 Å². The summed E-state index contributed by atoms with van der Waals surface area (Å²) in [6, 6.07) is 15.3. The molecule has 0 fully saturated rings. The first-order valence-electron chi connectivity index (χ1n) is 9.67. The number of nitrogens with one attached hydrogen (secondary N) is 2. The van der Waals surface area contributed by atoms with Crippen LogP contribution in [-0.2, 0) is 14.3 Å². The maximum atomic E-state index is 12.2. The number of carboxylic acid groups (broad SMARTS) is 1. The summed E-state index contributed by atoms with van der Waals surface area (Å²) in [5.74, 6) is -1.54. The molecule has 2 amide bonds. The second kappa shape index (κ2) is 9.26. The average Bonchev–Trinajstić information content (AvgIpc) is 3.05. The minimum atomic E-state index is -1.05. The molecule has 1 atom stereocenters. The number of carboxylic acids is 1. The minimum Gasteiger partial charge on any atom is -0.478 e. The molecule has 156 valence electrons. The Labute approximate surface area is 174 Å². The quantitative estimate of drug-likeness (QED) is 0.611. The van der Waals surface area contributed by atoms with Gasteiger partial charge in [0.15, 0.2) is 0 Å². The van der Waals surface area contributed by atoms with E-state index in [-0.39, 0.29) is 24.6 Å². The molecule has 0 bridgehead atoms. The van der Waals surface area contributed by atoms with Gasteiger partial charge in [-0.05, 0) is 36.1 Å². The summed E-state index contributed by atoms with van der Waals surface area (Å²) in [4.78, 5) is 35.0. The Morgan fingerprint density at radius 2 is 1.63 bits per heavy atom. The van der Waals surface area contributed by atoms with Gasteiger partial charge in [-0.1, -0.05) is 54.6 Å². The fourth-order valence-corrected chi connectivity index (χ4v) is 3.43. The lowest BCUT2D eigenvalue weighted by Gasteiger charge is -2.17. The highest BCUT2D eigenvalue weighted by Crippen LogP contribution is 2.44. The molecule has 3 rings (SSSR count). The Bertz CT molecular complexity index is 953. The molecule has 2 aromatic carbocycles. The first-order chi connectivity index (χ1) is 14.4. The van der Waals surface area contributed by atoms with Gasteiger partial charge in [-0.3, -0.25) is 4.79 Å². The van der Waals surface area contributed by atoms with Crippen LogP contribution in [0.1, 0.15) is 30.9 Å². The van der Waals surface area contributed by atoms with Gasteiger partial charge in [0.05, 0.1) is 0 Å². The number of aliphatic carboxylic acids is 1. The number of alkyl carbamates (subject to hydrolysis) is 1. The number of hydrogen-bond acceptors (Lipinski definition) is 4. The normalized spacial score (nSPS) is 13.7. The largest absolute Gasteiger partial charge is 0.478 e. The standard InChI is InChI=1S/C23H24N2O5/c1-14(22(27)28)11-12-24-21(26)15(2)25-23(29)30-13-20-18-9-5-3-7-16(18)17-8-4-6-10-19(17)20/h3-11,15,20H,12-13H2,1-2H3,(H,24,26)(H,25,29)(H,27,28)/b14-11+/t15-/m1/s1.